The van der Waals surface area contributed by atoms with Crippen molar-refractivity contribution in [2.24, 2.45) is 0 Å². The van der Waals surface area contributed by atoms with Crippen molar-refractivity contribution in [2.75, 3.05) is 38.7 Å². The monoisotopic (exact) mass is 849 g/mol. The second kappa shape index (κ2) is 21.4. The Balaban J connectivity index is 1.50. The number of aliphatic hydroxyl groups is 3. The van der Waals surface area contributed by atoms with Gasteiger partial charge in [0.25, 0.3) is 21.9 Å². The van der Waals surface area contributed by atoms with E-state index in [1.807, 2.05) is 0 Å². The minimum atomic E-state index is -4.68. The summed E-state index contributed by atoms with van der Waals surface area (Å²) >= 11 is 4.18. The molecule has 3 rings (SSSR count). The molecule has 0 unspecified atom stereocenters. The third kappa shape index (κ3) is 15.2. The highest BCUT2D eigenvalue weighted by Crippen LogP contribution is 2.30. The second-order valence-electron chi connectivity index (χ2n) is 13.4. The molecule has 23 heteroatoms. The van der Waals surface area contributed by atoms with Crippen molar-refractivity contribution in [3.8, 4) is 11.5 Å². The van der Waals surface area contributed by atoms with E-state index in [-0.39, 0.29) is 57.4 Å². The summed E-state index contributed by atoms with van der Waals surface area (Å²) in [7, 11) is -4.68. The number of rotatable bonds is 23. The van der Waals surface area contributed by atoms with Crippen LogP contribution in [0.25, 0.3) is 0 Å². The van der Waals surface area contributed by atoms with Crippen LogP contribution in [-0.2, 0) is 59.7 Å². The Morgan fingerprint density at radius 2 is 1.67 bits per heavy atom. The van der Waals surface area contributed by atoms with Crippen LogP contribution < -0.4 is 20.1 Å². The molecule has 1 aromatic carbocycles. The van der Waals surface area contributed by atoms with Gasteiger partial charge in [-0.3, -0.25) is 33.4 Å². The molecular formula is C34H47N3O18S2. The molecular weight excluding hydrogens is 803 g/mol. The van der Waals surface area contributed by atoms with E-state index >= 15 is 0 Å². The summed E-state index contributed by atoms with van der Waals surface area (Å²) in [6, 6.07) is 2.49. The van der Waals surface area contributed by atoms with Crippen molar-refractivity contribution >= 4 is 58.3 Å². The highest BCUT2D eigenvalue weighted by molar-refractivity contribution is 7.85. The Hall–Kier alpha value is -4.36. The molecule has 0 saturated carbocycles. The molecule has 2 heterocycles. The van der Waals surface area contributed by atoms with E-state index in [9.17, 15) is 62.2 Å². The number of thiol groups is 1. The number of benzene rings is 1. The minimum absolute atomic E-state index is 0.0350. The zero-order chi connectivity index (χ0) is 42.5. The molecule has 0 radical (unpaired) electrons. The van der Waals surface area contributed by atoms with Crippen LogP contribution in [0.5, 0.6) is 11.5 Å². The summed E-state index contributed by atoms with van der Waals surface area (Å²) in [6.07, 6.45) is -5.89. The molecule has 1 aromatic rings. The van der Waals surface area contributed by atoms with Gasteiger partial charge in [-0.1, -0.05) is 6.42 Å². The molecule has 6 atom stereocenters. The Morgan fingerprint density at radius 1 is 0.982 bits per heavy atom. The normalized spacial score (nSPS) is 21.5. The van der Waals surface area contributed by atoms with E-state index in [1.54, 1.807) is 0 Å². The van der Waals surface area contributed by atoms with E-state index in [0.29, 0.717) is 24.8 Å². The molecule has 1 fully saturated rings. The summed E-state index contributed by atoms with van der Waals surface area (Å²) in [4.78, 5) is 73.2. The Morgan fingerprint density at radius 3 is 2.30 bits per heavy atom. The highest BCUT2D eigenvalue weighted by atomic mass is 32.2. The van der Waals surface area contributed by atoms with Crippen LogP contribution in [0, 0.1) is 0 Å². The number of esters is 1. The van der Waals surface area contributed by atoms with Crippen LogP contribution >= 0.6 is 12.6 Å². The summed E-state index contributed by atoms with van der Waals surface area (Å²) in [5, 5.41) is 44.4. The molecule has 4 amide bonds. The van der Waals surface area contributed by atoms with E-state index in [2.05, 4.69) is 23.3 Å². The van der Waals surface area contributed by atoms with Gasteiger partial charge in [0.15, 0.2) is 6.10 Å². The SMILES string of the molecule is CC(C)(S)C(=O)OCc1ccc(O[C@@H]2O[C@H](C(=O)O)[C@@H](O)[C@H](O)[C@H]2O)cc1OCCOCCNC(=O)[C@H](CS(=O)(=O)O)NC(=O)CCCCCN1C(=O)C=CC1=O. The molecule has 0 spiro atoms. The highest BCUT2D eigenvalue weighted by Gasteiger charge is 2.48. The first-order valence-corrected chi connectivity index (χ1v) is 19.6. The number of ether oxygens (including phenoxy) is 5. The molecule has 0 aromatic heterocycles. The van der Waals surface area contributed by atoms with Crippen LogP contribution in [0.15, 0.2) is 30.4 Å². The summed E-state index contributed by atoms with van der Waals surface area (Å²) in [5.74, 6) is -5.71. The van der Waals surface area contributed by atoms with Crippen LogP contribution in [0.1, 0.15) is 45.1 Å². The molecule has 57 heavy (non-hydrogen) atoms. The van der Waals surface area contributed by atoms with Gasteiger partial charge in [-0.05, 0) is 38.8 Å². The number of aliphatic carboxylic acids is 1. The number of nitrogens with one attached hydrogen (secondary N) is 2. The van der Waals surface area contributed by atoms with Gasteiger partial charge in [0, 0.05) is 43.3 Å². The van der Waals surface area contributed by atoms with E-state index in [1.165, 1.54) is 32.0 Å². The topological polar surface area (TPSA) is 311 Å². The van der Waals surface area contributed by atoms with E-state index in [0.717, 1.165) is 17.1 Å². The molecule has 2 aliphatic rings. The number of carboxylic acid groups (broad SMARTS) is 1. The maximum atomic E-state index is 12.7. The Bertz CT molecular complexity index is 1730. The fourth-order valence-corrected chi connectivity index (χ4v) is 5.91. The fourth-order valence-electron chi connectivity index (χ4n) is 5.19. The van der Waals surface area contributed by atoms with Crippen molar-refractivity contribution in [1.82, 2.24) is 15.5 Å². The Kier molecular flexibility index (Phi) is 17.7. The predicted molar refractivity (Wildman–Crippen MR) is 196 cm³/mol. The maximum Gasteiger partial charge on any atom is 0.335 e. The number of hydrogen-bond donors (Lipinski definition) is 8. The zero-order valence-electron chi connectivity index (χ0n) is 31.0. The average Bonchev–Trinajstić information content (AvgIpc) is 3.44. The smallest absolute Gasteiger partial charge is 0.335 e. The molecule has 1 saturated heterocycles. The molecule has 0 aliphatic carbocycles. The van der Waals surface area contributed by atoms with Gasteiger partial charge < -0.3 is 54.7 Å². The van der Waals surface area contributed by atoms with Crippen molar-refractivity contribution < 1.29 is 85.8 Å². The number of unbranched alkanes of at least 4 members (excludes halogenated alkanes) is 2. The van der Waals surface area contributed by atoms with Crippen LogP contribution in [0.3, 0.4) is 0 Å². The van der Waals surface area contributed by atoms with Crippen molar-refractivity contribution in [3.05, 3.63) is 35.9 Å². The summed E-state index contributed by atoms with van der Waals surface area (Å²) in [6.45, 7) is 2.47. The standard InChI is InChI=1S/C34H47N3O18S2/c1-34(2,56)33(47)53-17-19-7-8-20(54-32-28(43)26(41)27(42)29(55-32)31(45)46)16-22(19)52-15-14-51-13-11-35-30(44)21(18-57(48,49)50)36-23(38)6-4-3-5-12-37-24(39)9-10-25(37)40/h7-10,16,21,26-29,32,41-43,56H,3-6,11-15,17-18H2,1-2H3,(H,35,44)(H,36,38)(H,45,46)(H,48,49,50)/t21-,26-,27-,28+,29-,32+/m0/s1. The van der Waals surface area contributed by atoms with Gasteiger partial charge in [0.2, 0.25) is 18.1 Å². The van der Waals surface area contributed by atoms with Gasteiger partial charge in [0.05, 0.1) is 13.2 Å². The number of carbonyl (C=O) groups excluding carboxylic acids is 5. The third-order valence-electron chi connectivity index (χ3n) is 8.21. The lowest BCUT2D eigenvalue weighted by Gasteiger charge is -2.38. The van der Waals surface area contributed by atoms with Crippen LogP contribution in [-0.4, -0.2) is 154 Å². The third-order valence-corrected chi connectivity index (χ3v) is 9.15. The second-order valence-corrected chi connectivity index (χ2v) is 16.0. The molecule has 318 valence electrons. The number of carbonyl (C=O) groups is 6. The minimum Gasteiger partial charge on any atom is -0.491 e. The molecule has 21 nitrogen and oxygen atoms in total. The number of amides is 4. The van der Waals surface area contributed by atoms with Crippen molar-refractivity contribution in [1.29, 1.82) is 0 Å². The molecule has 0 bridgehead atoms. The zero-order valence-corrected chi connectivity index (χ0v) is 32.7. The van der Waals surface area contributed by atoms with E-state index in [4.69, 9.17) is 23.7 Å². The Labute approximate surface area is 332 Å². The fraction of sp³-hybridized carbons (Fsp3) is 0.588. The van der Waals surface area contributed by atoms with Gasteiger partial charge >= 0.3 is 11.9 Å². The first-order chi connectivity index (χ1) is 26.7. The first-order valence-electron chi connectivity index (χ1n) is 17.6. The number of hydrogen-bond acceptors (Lipinski definition) is 17. The van der Waals surface area contributed by atoms with Crippen LogP contribution in [0.2, 0.25) is 0 Å². The molecule has 7 N–H and O–H groups in total. The number of carboxylic acids is 1. The largest absolute Gasteiger partial charge is 0.491 e. The lowest BCUT2D eigenvalue weighted by molar-refractivity contribution is -0.271. The number of imide groups is 1. The molecule has 2 aliphatic heterocycles. The van der Waals surface area contributed by atoms with Gasteiger partial charge in [0.1, 0.15) is 59.6 Å². The van der Waals surface area contributed by atoms with Crippen molar-refractivity contribution in [2.45, 2.75) is 87.6 Å². The number of nitrogens with zero attached hydrogens (tertiary/aromatic N) is 1. The van der Waals surface area contributed by atoms with Gasteiger partial charge in [-0.15, -0.1) is 0 Å². The summed E-state index contributed by atoms with van der Waals surface area (Å²) in [5.41, 5.74) is 0.337. The first kappa shape index (κ1) is 47.0. The predicted octanol–water partition coefficient (Wildman–Crippen LogP) is -1.92. The van der Waals surface area contributed by atoms with Gasteiger partial charge in [-0.2, -0.15) is 21.0 Å². The lowest BCUT2D eigenvalue weighted by atomic mass is 9.99. The van der Waals surface area contributed by atoms with Gasteiger partial charge in [-0.25, -0.2) is 4.79 Å². The van der Waals surface area contributed by atoms with Crippen molar-refractivity contribution in [3.63, 3.8) is 0 Å². The van der Waals surface area contributed by atoms with Crippen LogP contribution in [0.4, 0.5) is 0 Å². The number of aliphatic hydroxyl groups excluding tert-OH is 3. The quantitative estimate of drug-likeness (QED) is 0.0196. The average molecular weight is 850 g/mol. The van der Waals surface area contributed by atoms with E-state index < -0.39 is 92.9 Å². The summed E-state index contributed by atoms with van der Waals surface area (Å²) < 4.78 is 58.6. The maximum absolute atomic E-state index is 12.7. The lowest BCUT2D eigenvalue weighted by Crippen LogP contribution is -2.61.